The van der Waals surface area contributed by atoms with Gasteiger partial charge >= 0.3 is 11.9 Å². The molecule has 1 aliphatic rings. The highest BCUT2D eigenvalue weighted by Gasteiger charge is 2.47. The molecule has 0 amide bonds. The molecule has 8 heteroatoms. The number of aliphatic carboxylic acids is 2. The number of nitro benzene ring substituents is 1. The minimum absolute atomic E-state index is 0.0948. The van der Waals surface area contributed by atoms with E-state index in [-0.39, 0.29) is 28.6 Å². The highest BCUT2D eigenvalue weighted by molar-refractivity contribution is 6.29. The van der Waals surface area contributed by atoms with Gasteiger partial charge in [-0.05, 0) is 49.5 Å². The predicted octanol–water partition coefficient (Wildman–Crippen LogP) is 4.06. The fourth-order valence-electron chi connectivity index (χ4n) is 3.15. The summed E-state index contributed by atoms with van der Waals surface area (Å²) in [6.45, 7) is 6.93. The molecule has 1 aromatic carbocycles. The molecule has 1 atom stereocenters. The fraction of sp³-hybridized carbons (Fsp3) is 0.350. The second-order valence-electron chi connectivity index (χ2n) is 7.29. The van der Waals surface area contributed by atoms with Crippen LogP contribution < -0.4 is 0 Å². The second-order valence-corrected chi connectivity index (χ2v) is 7.29. The van der Waals surface area contributed by atoms with Crippen LogP contribution in [0.15, 0.2) is 46.5 Å². The van der Waals surface area contributed by atoms with Crippen LogP contribution >= 0.6 is 0 Å². The first-order chi connectivity index (χ1) is 13.0. The summed E-state index contributed by atoms with van der Waals surface area (Å²) in [5.74, 6) is -2.33. The Bertz CT molecular complexity index is 942. The smallest absolute Gasteiger partial charge is 0.337 e. The summed E-state index contributed by atoms with van der Waals surface area (Å²) < 4.78 is 0. The Hall–Kier alpha value is -3.29. The van der Waals surface area contributed by atoms with E-state index < -0.39 is 22.3 Å². The SMILES string of the molecule is Cc1cc([N+](=O)[O-])ccc1N=C1C(C(=O)O)=CC=C(CC(C)C)C1(C)C(=O)O. The van der Waals surface area contributed by atoms with E-state index in [0.717, 1.165) is 0 Å². The van der Waals surface area contributed by atoms with Crippen LogP contribution in [0.2, 0.25) is 0 Å². The van der Waals surface area contributed by atoms with Gasteiger partial charge in [-0.25, -0.2) is 4.79 Å². The van der Waals surface area contributed by atoms with Crippen LogP contribution in [-0.2, 0) is 9.59 Å². The number of carbonyl (C=O) groups is 2. The van der Waals surface area contributed by atoms with Gasteiger partial charge in [-0.3, -0.25) is 19.9 Å². The summed E-state index contributed by atoms with van der Waals surface area (Å²) in [5, 5.41) is 30.5. The van der Waals surface area contributed by atoms with Gasteiger partial charge < -0.3 is 10.2 Å². The van der Waals surface area contributed by atoms with Crippen LogP contribution in [0.25, 0.3) is 0 Å². The summed E-state index contributed by atoms with van der Waals surface area (Å²) >= 11 is 0. The summed E-state index contributed by atoms with van der Waals surface area (Å²) in [5.41, 5.74) is -0.775. The first-order valence-electron chi connectivity index (χ1n) is 8.71. The number of nitrogens with zero attached hydrogens (tertiary/aromatic N) is 2. The number of aryl methyl sites for hydroxylation is 1. The second kappa shape index (κ2) is 7.75. The summed E-state index contributed by atoms with van der Waals surface area (Å²) in [6.07, 6.45) is 3.37. The molecule has 0 heterocycles. The van der Waals surface area contributed by atoms with Crippen LogP contribution in [0, 0.1) is 28.4 Å². The van der Waals surface area contributed by atoms with Gasteiger partial charge in [-0.15, -0.1) is 0 Å². The maximum absolute atomic E-state index is 12.2. The van der Waals surface area contributed by atoms with E-state index in [4.69, 9.17) is 0 Å². The van der Waals surface area contributed by atoms with Gasteiger partial charge in [0.25, 0.3) is 5.69 Å². The molecule has 8 nitrogen and oxygen atoms in total. The zero-order chi connectivity index (χ0) is 21.2. The van der Waals surface area contributed by atoms with Crippen LogP contribution in [-0.4, -0.2) is 32.8 Å². The maximum atomic E-state index is 12.2. The lowest BCUT2D eigenvalue weighted by Crippen LogP contribution is -2.42. The summed E-state index contributed by atoms with van der Waals surface area (Å²) in [4.78, 5) is 38.8. The van der Waals surface area contributed by atoms with Crippen LogP contribution in [0.4, 0.5) is 11.4 Å². The third-order valence-electron chi connectivity index (χ3n) is 4.73. The van der Waals surface area contributed by atoms with Crippen molar-refractivity contribution in [3.8, 4) is 0 Å². The van der Waals surface area contributed by atoms with Gasteiger partial charge in [0.15, 0.2) is 0 Å². The molecule has 0 aliphatic heterocycles. The van der Waals surface area contributed by atoms with Crippen LogP contribution in [0.3, 0.4) is 0 Å². The fourth-order valence-corrected chi connectivity index (χ4v) is 3.15. The Morgan fingerprint density at radius 1 is 1.25 bits per heavy atom. The van der Waals surface area contributed by atoms with E-state index in [2.05, 4.69) is 4.99 Å². The first-order valence-corrected chi connectivity index (χ1v) is 8.71. The minimum Gasteiger partial charge on any atom is -0.480 e. The van der Waals surface area contributed by atoms with E-state index in [1.54, 1.807) is 13.0 Å². The standard InChI is InChI=1S/C20H22N2O6/c1-11(2)9-13-5-7-15(18(23)24)17(20(13,4)19(25)26)21-16-8-6-14(22(27)28)10-12(16)3/h5-8,10-11H,9H2,1-4H3,(H,23,24)(H,25,26). The number of non-ortho nitro benzene ring substituents is 1. The normalized spacial score (nSPS) is 20.7. The van der Waals surface area contributed by atoms with Gasteiger partial charge in [0.05, 0.1) is 21.9 Å². The third-order valence-corrected chi connectivity index (χ3v) is 4.73. The molecule has 148 valence electrons. The molecule has 0 fully saturated rings. The van der Waals surface area contributed by atoms with Gasteiger partial charge in [0, 0.05) is 12.1 Å². The monoisotopic (exact) mass is 386 g/mol. The zero-order valence-electron chi connectivity index (χ0n) is 16.1. The molecular formula is C20H22N2O6. The maximum Gasteiger partial charge on any atom is 0.337 e. The molecule has 1 aromatic rings. The Balaban J connectivity index is 2.72. The van der Waals surface area contributed by atoms with Crippen molar-refractivity contribution in [1.82, 2.24) is 0 Å². The molecule has 2 rings (SSSR count). The van der Waals surface area contributed by atoms with Crippen molar-refractivity contribution in [2.24, 2.45) is 16.3 Å². The molecular weight excluding hydrogens is 364 g/mol. The average Bonchev–Trinajstić information content (AvgIpc) is 2.58. The van der Waals surface area contributed by atoms with E-state index in [1.165, 1.54) is 31.2 Å². The number of hydrogen-bond donors (Lipinski definition) is 2. The third kappa shape index (κ3) is 3.85. The van der Waals surface area contributed by atoms with Crippen molar-refractivity contribution in [1.29, 1.82) is 0 Å². The predicted molar refractivity (Wildman–Crippen MR) is 104 cm³/mol. The Morgan fingerprint density at radius 2 is 1.89 bits per heavy atom. The molecule has 1 aliphatic carbocycles. The molecule has 28 heavy (non-hydrogen) atoms. The van der Waals surface area contributed by atoms with Gasteiger partial charge in [0.2, 0.25) is 0 Å². The van der Waals surface area contributed by atoms with E-state index in [1.807, 2.05) is 13.8 Å². The van der Waals surface area contributed by atoms with Crippen LogP contribution in [0.1, 0.15) is 32.8 Å². The topological polar surface area (TPSA) is 130 Å². The van der Waals surface area contributed by atoms with Crippen LogP contribution in [0.5, 0.6) is 0 Å². The van der Waals surface area contributed by atoms with Crippen molar-refractivity contribution in [3.05, 3.63) is 57.2 Å². The Morgan fingerprint density at radius 3 is 2.36 bits per heavy atom. The van der Waals surface area contributed by atoms with Gasteiger partial charge in [-0.2, -0.15) is 0 Å². The molecule has 0 radical (unpaired) electrons. The zero-order valence-corrected chi connectivity index (χ0v) is 16.1. The summed E-state index contributed by atoms with van der Waals surface area (Å²) in [7, 11) is 0. The van der Waals surface area contributed by atoms with Gasteiger partial charge in [-0.1, -0.05) is 19.9 Å². The lowest BCUT2D eigenvalue weighted by molar-refractivity contribution is -0.384. The van der Waals surface area contributed by atoms with Crippen molar-refractivity contribution in [2.45, 2.75) is 34.1 Å². The molecule has 1 unspecified atom stereocenters. The first kappa shape index (κ1) is 21.0. The van der Waals surface area contributed by atoms with E-state index in [9.17, 15) is 29.9 Å². The summed E-state index contributed by atoms with van der Waals surface area (Å²) in [6, 6.07) is 3.96. The molecule has 0 spiro atoms. The highest BCUT2D eigenvalue weighted by atomic mass is 16.6. The number of carboxylic acids is 2. The largest absolute Gasteiger partial charge is 0.480 e. The van der Waals surface area contributed by atoms with E-state index >= 15 is 0 Å². The molecule has 2 N–H and O–H groups in total. The molecule has 0 saturated heterocycles. The number of nitro groups is 1. The number of rotatable bonds is 6. The number of allylic oxidation sites excluding steroid dienone is 2. The van der Waals surface area contributed by atoms with Crippen molar-refractivity contribution in [3.63, 3.8) is 0 Å². The molecule has 0 saturated carbocycles. The van der Waals surface area contributed by atoms with Crippen molar-refractivity contribution >= 4 is 29.0 Å². The van der Waals surface area contributed by atoms with E-state index in [0.29, 0.717) is 17.6 Å². The highest BCUT2D eigenvalue weighted by Crippen LogP contribution is 2.41. The lowest BCUT2D eigenvalue weighted by Gasteiger charge is -2.33. The number of hydrogen-bond acceptors (Lipinski definition) is 5. The Labute approximate surface area is 162 Å². The number of aliphatic imine (C=N–C) groups is 1. The van der Waals surface area contributed by atoms with Gasteiger partial charge in [0.1, 0.15) is 5.41 Å². The lowest BCUT2D eigenvalue weighted by atomic mass is 9.69. The molecule has 0 aromatic heterocycles. The van der Waals surface area contributed by atoms with Crippen molar-refractivity contribution < 1.29 is 24.7 Å². The molecule has 0 bridgehead atoms. The number of benzene rings is 1. The van der Waals surface area contributed by atoms with Crippen molar-refractivity contribution in [2.75, 3.05) is 0 Å². The Kier molecular flexibility index (Phi) is 5.82. The minimum atomic E-state index is -1.62. The number of carboxylic acid groups (broad SMARTS) is 2. The quantitative estimate of drug-likeness (QED) is 0.560. The average molecular weight is 386 g/mol.